The summed E-state index contributed by atoms with van der Waals surface area (Å²) in [5.41, 5.74) is 3.55. The van der Waals surface area contributed by atoms with Crippen molar-refractivity contribution in [3.05, 3.63) is 71.2 Å². The summed E-state index contributed by atoms with van der Waals surface area (Å²) in [6, 6.07) is 13.4. The Kier molecular flexibility index (Phi) is 3.59. The lowest BCUT2D eigenvalue weighted by atomic mass is 10.0. The van der Waals surface area contributed by atoms with Crippen LogP contribution in [0.1, 0.15) is 21.6 Å². The molecule has 1 aromatic heterocycles. The molecule has 0 bridgehead atoms. The third kappa shape index (κ3) is 2.55. The number of benzene rings is 2. The highest BCUT2D eigenvalue weighted by atomic mass is 19.1. The molecule has 1 amide bonds. The molecule has 22 heavy (non-hydrogen) atoms. The predicted molar refractivity (Wildman–Crippen MR) is 85.6 cm³/mol. The van der Waals surface area contributed by atoms with Gasteiger partial charge in [0.1, 0.15) is 5.82 Å². The highest BCUT2D eigenvalue weighted by molar-refractivity contribution is 6.08. The van der Waals surface area contributed by atoms with Crippen LogP contribution >= 0.6 is 0 Å². The minimum Gasteiger partial charge on any atom is -0.322 e. The van der Waals surface area contributed by atoms with Crippen LogP contribution < -0.4 is 5.32 Å². The number of carbonyl (C=O) groups is 1. The summed E-state index contributed by atoms with van der Waals surface area (Å²) in [4.78, 5) is 17.0. The molecule has 0 unspecified atom stereocenters. The van der Waals surface area contributed by atoms with E-state index in [1.807, 2.05) is 38.1 Å². The minimum atomic E-state index is -0.335. The van der Waals surface area contributed by atoms with E-state index in [-0.39, 0.29) is 11.7 Å². The summed E-state index contributed by atoms with van der Waals surface area (Å²) in [6.45, 7) is 3.73. The number of carbonyl (C=O) groups excluding carboxylic acids is 1. The van der Waals surface area contributed by atoms with Gasteiger partial charge in [0, 0.05) is 11.1 Å². The molecule has 3 nitrogen and oxygen atoms in total. The van der Waals surface area contributed by atoms with E-state index in [0.29, 0.717) is 16.9 Å². The van der Waals surface area contributed by atoms with Crippen LogP contribution in [0.15, 0.2) is 48.5 Å². The first-order chi connectivity index (χ1) is 10.6. The highest BCUT2D eigenvalue weighted by Crippen LogP contribution is 2.23. The minimum absolute atomic E-state index is 0.236. The quantitative estimate of drug-likeness (QED) is 0.768. The molecule has 3 rings (SSSR count). The summed E-state index contributed by atoms with van der Waals surface area (Å²) >= 11 is 0. The summed E-state index contributed by atoms with van der Waals surface area (Å²) < 4.78 is 12.9. The van der Waals surface area contributed by atoms with Gasteiger partial charge in [-0.1, -0.05) is 18.2 Å². The maximum Gasteiger partial charge on any atom is 0.257 e. The number of hydrogen-bond donors (Lipinski definition) is 1. The van der Waals surface area contributed by atoms with Crippen molar-refractivity contribution in [1.82, 2.24) is 4.98 Å². The molecule has 3 aromatic rings. The Labute approximate surface area is 127 Å². The van der Waals surface area contributed by atoms with Crippen LogP contribution in [0.2, 0.25) is 0 Å². The molecule has 0 saturated carbocycles. The van der Waals surface area contributed by atoms with Gasteiger partial charge in [-0.05, 0) is 49.7 Å². The number of anilines is 1. The van der Waals surface area contributed by atoms with E-state index in [4.69, 9.17) is 0 Å². The number of aromatic nitrogens is 1. The summed E-state index contributed by atoms with van der Waals surface area (Å²) in [7, 11) is 0. The Morgan fingerprint density at radius 2 is 1.73 bits per heavy atom. The smallest absolute Gasteiger partial charge is 0.257 e. The maximum absolute atomic E-state index is 12.9. The van der Waals surface area contributed by atoms with Crippen LogP contribution in [0, 0.1) is 19.7 Å². The Morgan fingerprint density at radius 1 is 1.05 bits per heavy atom. The molecule has 1 heterocycles. The molecule has 0 aliphatic rings. The van der Waals surface area contributed by atoms with Crippen molar-refractivity contribution in [2.24, 2.45) is 0 Å². The zero-order valence-corrected chi connectivity index (χ0v) is 12.4. The molecule has 4 heteroatoms. The van der Waals surface area contributed by atoms with Gasteiger partial charge in [0.2, 0.25) is 0 Å². The highest BCUT2D eigenvalue weighted by Gasteiger charge is 2.16. The first-order valence-electron chi connectivity index (χ1n) is 6.99. The van der Waals surface area contributed by atoms with E-state index >= 15 is 0 Å². The van der Waals surface area contributed by atoms with Crippen LogP contribution in [-0.2, 0) is 0 Å². The van der Waals surface area contributed by atoms with Crippen LogP contribution in [0.3, 0.4) is 0 Å². The van der Waals surface area contributed by atoms with Gasteiger partial charge in [-0.3, -0.25) is 9.78 Å². The van der Waals surface area contributed by atoms with Crippen LogP contribution in [0.25, 0.3) is 10.9 Å². The Morgan fingerprint density at radius 3 is 2.45 bits per heavy atom. The number of pyridine rings is 1. The average molecular weight is 294 g/mol. The van der Waals surface area contributed by atoms with Crippen LogP contribution in [0.4, 0.5) is 10.1 Å². The SMILES string of the molecule is Cc1nc2ccccc2c(C)c1C(=O)Nc1ccc(F)cc1. The number of nitrogens with one attached hydrogen (secondary N) is 1. The molecule has 2 aromatic carbocycles. The fourth-order valence-electron chi connectivity index (χ4n) is 2.59. The van der Waals surface area contributed by atoms with E-state index in [1.165, 1.54) is 24.3 Å². The number of aryl methyl sites for hydroxylation is 2. The van der Waals surface area contributed by atoms with Gasteiger partial charge in [0.15, 0.2) is 0 Å². The van der Waals surface area contributed by atoms with Crippen molar-refractivity contribution < 1.29 is 9.18 Å². The largest absolute Gasteiger partial charge is 0.322 e. The van der Waals surface area contributed by atoms with Gasteiger partial charge in [0.25, 0.3) is 5.91 Å². The maximum atomic E-state index is 12.9. The van der Waals surface area contributed by atoms with Gasteiger partial charge in [-0.2, -0.15) is 0 Å². The lowest BCUT2D eigenvalue weighted by Crippen LogP contribution is -2.16. The number of para-hydroxylation sites is 1. The zero-order valence-electron chi connectivity index (χ0n) is 12.4. The number of halogens is 1. The Bertz CT molecular complexity index is 857. The van der Waals surface area contributed by atoms with E-state index in [9.17, 15) is 9.18 Å². The third-order valence-corrected chi connectivity index (χ3v) is 3.66. The monoisotopic (exact) mass is 294 g/mol. The van der Waals surface area contributed by atoms with Crippen LogP contribution in [0.5, 0.6) is 0 Å². The molecule has 0 aliphatic carbocycles. The number of fused-ring (bicyclic) bond motifs is 1. The molecule has 0 saturated heterocycles. The van der Waals surface area contributed by atoms with Crippen molar-refractivity contribution >= 4 is 22.5 Å². The topological polar surface area (TPSA) is 42.0 Å². The lowest BCUT2D eigenvalue weighted by Gasteiger charge is -2.12. The third-order valence-electron chi connectivity index (χ3n) is 3.66. The second kappa shape index (κ2) is 5.56. The molecule has 1 N–H and O–H groups in total. The normalized spacial score (nSPS) is 10.7. The molecule has 110 valence electrons. The van der Waals surface area contributed by atoms with Crippen molar-refractivity contribution in [1.29, 1.82) is 0 Å². The predicted octanol–water partition coefficient (Wildman–Crippen LogP) is 4.24. The standard InChI is InChI=1S/C18H15FN2O/c1-11-15-5-3-4-6-16(15)20-12(2)17(11)18(22)21-14-9-7-13(19)8-10-14/h3-10H,1-2H3,(H,21,22). The second-order valence-corrected chi connectivity index (χ2v) is 5.18. The summed E-state index contributed by atoms with van der Waals surface area (Å²) in [5, 5.41) is 3.74. The molecule has 0 spiro atoms. The summed E-state index contributed by atoms with van der Waals surface area (Å²) in [6.07, 6.45) is 0. The number of hydrogen-bond acceptors (Lipinski definition) is 2. The van der Waals surface area contributed by atoms with Gasteiger partial charge < -0.3 is 5.32 Å². The van der Waals surface area contributed by atoms with Crippen LogP contribution in [-0.4, -0.2) is 10.9 Å². The lowest BCUT2D eigenvalue weighted by molar-refractivity contribution is 0.102. The van der Waals surface area contributed by atoms with Crippen molar-refractivity contribution in [3.63, 3.8) is 0 Å². The summed E-state index contributed by atoms with van der Waals surface area (Å²) in [5.74, 6) is -0.572. The van der Waals surface area contributed by atoms with Crippen molar-refractivity contribution in [2.75, 3.05) is 5.32 Å². The Balaban J connectivity index is 2.02. The van der Waals surface area contributed by atoms with Gasteiger partial charge in [0.05, 0.1) is 16.8 Å². The zero-order chi connectivity index (χ0) is 15.7. The fraction of sp³-hybridized carbons (Fsp3) is 0.111. The molecule has 0 fully saturated rings. The number of amides is 1. The van der Waals surface area contributed by atoms with E-state index in [1.54, 1.807) is 0 Å². The van der Waals surface area contributed by atoms with E-state index < -0.39 is 0 Å². The molecule has 0 aliphatic heterocycles. The van der Waals surface area contributed by atoms with E-state index in [2.05, 4.69) is 10.3 Å². The van der Waals surface area contributed by atoms with Gasteiger partial charge >= 0.3 is 0 Å². The van der Waals surface area contributed by atoms with Gasteiger partial charge in [-0.15, -0.1) is 0 Å². The molecule has 0 atom stereocenters. The van der Waals surface area contributed by atoms with Crippen molar-refractivity contribution in [2.45, 2.75) is 13.8 Å². The number of rotatable bonds is 2. The first kappa shape index (κ1) is 14.2. The molecular formula is C18H15FN2O. The average Bonchev–Trinajstić information content (AvgIpc) is 2.49. The van der Waals surface area contributed by atoms with E-state index in [0.717, 1.165) is 16.5 Å². The number of nitrogens with zero attached hydrogens (tertiary/aromatic N) is 1. The Hall–Kier alpha value is -2.75. The fourth-order valence-corrected chi connectivity index (χ4v) is 2.59. The second-order valence-electron chi connectivity index (χ2n) is 5.18. The molecule has 0 radical (unpaired) electrons. The van der Waals surface area contributed by atoms with Crippen molar-refractivity contribution in [3.8, 4) is 0 Å². The first-order valence-corrected chi connectivity index (χ1v) is 6.99. The van der Waals surface area contributed by atoms with Gasteiger partial charge in [-0.25, -0.2) is 4.39 Å². The molecular weight excluding hydrogens is 279 g/mol.